The summed E-state index contributed by atoms with van der Waals surface area (Å²) < 4.78 is 8.15. The van der Waals surface area contributed by atoms with Crippen LogP contribution in [0.1, 0.15) is 56.6 Å². The van der Waals surface area contributed by atoms with Gasteiger partial charge >= 0.3 is 0 Å². The number of benzene rings is 1. The van der Waals surface area contributed by atoms with Crippen LogP contribution in [0.25, 0.3) is 15.7 Å². The zero-order valence-electron chi connectivity index (χ0n) is 19.2. The number of para-hydroxylation sites is 1. The van der Waals surface area contributed by atoms with Crippen molar-refractivity contribution in [1.82, 2.24) is 20.0 Å². The van der Waals surface area contributed by atoms with Crippen LogP contribution >= 0.6 is 0 Å². The predicted octanol–water partition coefficient (Wildman–Crippen LogP) is 2.31. The van der Waals surface area contributed by atoms with Gasteiger partial charge in [-0.25, -0.2) is 6.57 Å². The lowest BCUT2D eigenvalue weighted by Crippen LogP contribution is -2.71. The van der Waals surface area contributed by atoms with E-state index in [1.165, 1.54) is 0 Å². The molecule has 9 nitrogen and oxygen atoms in total. The number of nitrogens with one attached hydrogen (secondary N) is 1. The molecule has 2 aromatic rings. The van der Waals surface area contributed by atoms with Crippen LogP contribution in [-0.4, -0.2) is 57.1 Å². The maximum Gasteiger partial charge on any atom is 0.235 e. The minimum Gasteiger partial charge on any atom is -0.488 e. The van der Waals surface area contributed by atoms with Gasteiger partial charge < -0.3 is 14.5 Å². The van der Waals surface area contributed by atoms with Crippen molar-refractivity contribution in [3.8, 4) is 5.75 Å². The largest absolute Gasteiger partial charge is 0.488 e. The molecule has 1 unspecified atom stereocenters. The van der Waals surface area contributed by atoms with E-state index < -0.39 is 5.92 Å². The Kier molecular flexibility index (Phi) is 4.54. The Bertz CT molecular complexity index is 1250. The van der Waals surface area contributed by atoms with Crippen LogP contribution in [0, 0.1) is 12.0 Å². The average Bonchev–Trinajstić information content (AvgIpc) is 3.10. The smallest absolute Gasteiger partial charge is 0.235 e. The maximum absolute atomic E-state index is 13.0. The van der Waals surface area contributed by atoms with Gasteiger partial charge in [-0.05, 0) is 12.5 Å². The number of imide groups is 1. The lowest BCUT2D eigenvalue weighted by atomic mass is 9.39. The second kappa shape index (κ2) is 7.29. The summed E-state index contributed by atoms with van der Waals surface area (Å²) in [6, 6.07) is 5.76. The van der Waals surface area contributed by atoms with E-state index >= 15 is 0 Å². The van der Waals surface area contributed by atoms with Crippen molar-refractivity contribution >= 4 is 28.6 Å². The number of rotatable bonds is 4. The molecule has 3 saturated carbocycles. The molecule has 3 aliphatic carbocycles. The monoisotopic (exact) mass is 461 g/mol. The fourth-order valence-electron chi connectivity index (χ4n) is 6.41. The second-order valence-electron chi connectivity index (χ2n) is 10.4. The van der Waals surface area contributed by atoms with Crippen molar-refractivity contribution in [1.29, 1.82) is 0 Å². The van der Waals surface area contributed by atoms with E-state index in [9.17, 15) is 14.4 Å². The molecular formula is C25H27N5O4. The van der Waals surface area contributed by atoms with E-state index in [-0.39, 0.29) is 34.8 Å². The topological polar surface area (TPSA) is 97.9 Å². The first-order valence-corrected chi connectivity index (χ1v) is 12.0. The first kappa shape index (κ1) is 21.1. The first-order chi connectivity index (χ1) is 16.3. The molecule has 1 aromatic carbocycles. The Balaban J connectivity index is 1.15. The van der Waals surface area contributed by atoms with E-state index in [4.69, 9.17) is 11.3 Å². The van der Waals surface area contributed by atoms with Gasteiger partial charge in [0.2, 0.25) is 23.3 Å². The number of ether oxygens (including phenoxy) is 1. The molecule has 0 radical (unpaired) electrons. The van der Waals surface area contributed by atoms with Gasteiger partial charge in [0.05, 0.1) is 17.0 Å². The summed E-state index contributed by atoms with van der Waals surface area (Å²) in [7, 11) is 1.84. The minimum atomic E-state index is -0.454. The first-order valence-electron chi connectivity index (χ1n) is 12.0. The fraction of sp³-hybridized carbons (Fsp3) is 0.560. The van der Waals surface area contributed by atoms with Gasteiger partial charge in [-0.3, -0.25) is 24.4 Å². The van der Waals surface area contributed by atoms with E-state index in [1.807, 2.05) is 30.1 Å². The highest BCUT2D eigenvalue weighted by Crippen LogP contribution is 2.70. The van der Waals surface area contributed by atoms with E-state index in [2.05, 4.69) is 15.3 Å². The summed E-state index contributed by atoms with van der Waals surface area (Å²) in [6.07, 6.45) is 4.46. The third kappa shape index (κ3) is 3.04. The Morgan fingerprint density at radius 2 is 1.94 bits per heavy atom. The molecule has 34 heavy (non-hydrogen) atoms. The number of amides is 3. The molecule has 1 aromatic heterocycles. The molecule has 5 fully saturated rings. The molecule has 2 saturated heterocycles. The van der Waals surface area contributed by atoms with Crippen molar-refractivity contribution in [2.45, 2.75) is 62.5 Å². The second-order valence-corrected chi connectivity index (χ2v) is 10.4. The molecule has 9 heteroatoms. The zero-order valence-corrected chi connectivity index (χ0v) is 19.2. The van der Waals surface area contributed by atoms with Gasteiger partial charge in [0, 0.05) is 64.0 Å². The highest BCUT2D eigenvalue weighted by atomic mass is 16.5. The highest BCUT2D eigenvalue weighted by molar-refractivity contribution is 6.03. The number of hydrogen-bond donors (Lipinski definition) is 1. The van der Waals surface area contributed by atoms with Crippen molar-refractivity contribution in [3.05, 3.63) is 35.3 Å². The van der Waals surface area contributed by atoms with Crippen molar-refractivity contribution < 1.29 is 19.1 Å². The number of aryl methyl sites for hydroxylation is 1. The van der Waals surface area contributed by atoms with Crippen LogP contribution in [0.15, 0.2) is 18.2 Å². The number of carbonyl (C=O) groups excluding carboxylic acids is 3. The summed E-state index contributed by atoms with van der Waals surface area (Å²) in [6.45, 7) is 8.63. The summed E-state index contributed by atoms with van der Waals surface area (Å²) in [5.41, 5.74) is 1.01. The molecule has 1 N–H and O–H groups in total. The van der Waals surface area contributed by atoms with Gasteiger partial charge in [-0.2, -0.15) is 5.10 Å². The Morgan fingerprint density at radius 1 is 1.21 bits per heavy atom. The SMILES string of the molecule is [C-]#[N+]C12CC(C(=O)N3CCC(Oc4cccc5c(C6CCC(=O)NC6=O)nn(C)c45)CC3)(C1)C2. The quantitative estimate of drug-likeness (QED) is 0.557. The highest BCUT2D eigenvalue weighted by Gasteiger charge is 2.78. The molecular weight excluding hydrogens is 434 g/mol. The van der Waals surface area contributed by atoms with Crippen LogP contribution in [0.5, 0.6) is 5.75 Å². The zero-order chi connectivity index (χ0) is 23.7. The Morgan fingerprint density at radius 3 is 2.62 bits per heavy atom. The molecule has 1 atom stereocenters. The lowest BCUT2D eigenvalue weighted by Gasteiger charge is -2.61. The van der Waals surface area contributed by atoms with Gasteiger partial charge in [-0.15, -0.1) is 0 Å². The van der Waals surface area contributed by atoms with E-state index in [1.54, 1.807) is 4.68 Å². The standard InChI is InChI=1S/C25H27N5O4/c1-26-25-12-24(13-25,14-25)23(33)30-10-8-15(9-11-30)34-18-5-3-4-16-20(28-29(2)21(16)18)17-6-7-19(31)27-22(17)32/h3-5,15,17H,6-14H2,2H3,(H,27,31,32). The lowest BCUT2D eigenvalue weighted by molar-refractivity contribution is -0.178. The fourth-order valence-corrected chi connectivity index (χ4v) is 6.41. The average molecular weight is 462 g/mol. The van der Waals surface area contributed by atoms with Gasteiger partial charge in [0.25, 0.3) is 0 Å². The summed E-state index contributed by atoms with van der Waals surface area (Å²) in [4.78, 5) is 42.6. The van der Waals surface area contributed by atoms with Crippen LogP contribution in [-0.2, 0) is 21.4 Å². The number of piperidine rings is 2. The molecule has 5 aliphatic rings. The van der Waals surface area contributed by atoms with Crippen molar-refractivity contribution in [3.63, 3.8) is 0 Å². The summed E-state index contributed by atoms with van der Waals surface area (Å²) in [5.74, 6) is -0.0564. The number of fused-ring (bicyclic) bond motifs is 1. The Labute approximate surface area is 197 Å². The third-order valence-corrected chi connectivity index (χ3v) is 8.14. The van der Waals surface area contributed by atoms with E-state index in [0.717, 1.165) is 43.0 Å². The molecule has 2 bridgehead atoms. The number of nitrogens with zero attached hydrogens (tertiary/aromatic N) is 4. The van der Waals surface area contributed by atoms with Gasteiger partial charge in [0.15, 0.2) is 0 Å². The summed E-state index contributed by atoms with van der Waals surface area (Å²) in [5, 5.41) is 7.91. The van der Waals surface area contributed by atoms with Gasteiger partial charge in [-0.1, -0.05) is 12.1 Å². The molecule has 176 valence electrons. The molecule has 3 heterocycles. The molecule has 3 amide bonds. The molecule has 0 spiro atoms. The van der Waals surface area contributed by atoms with Crippen LogP contribution in [0.4, 0.5) is 0 Å². The Hall–Kier alpha value is -3.41. The molecule has 2 aliphatic heterocycles. The van der Waals surface area contributed by atoms with Crippen LogP contribution in [0.2, 0.25) is 0 Å². The maximum atomic E-state index is 13.0. The normalized spacial score (nSPS) is 30.8. The third-order valence-electron chi connectivity index (χ3n) is 8.14. The van der Waals surface area contributed by atoms with Gasteiger partial charge in [0.1, 0.15) is 17.4 Å². The van der Waals surface area contributed by atoms with Crippen LogP contribution in [0.3, 0.4) is 0 Å². The number of likely N-dealkylation sites (tertiary alicyclic amines) is 1. The minimum absolute atomic E-state index is 0.00813. The summed E-state index contributed by atoms with van der Waals surface area (Å²) >= 11 is 0. The van der Waals surface area contributed by atoms with Crippen molar-refractivity contribution in [2.75, 3.05) is 13.1 Å². The van der Waals surface area contributed by atoms with Crippen molar-refractivity contribution in [2.24, 2.45) is 12.5 Å². The number of carbonyl (C=O) groups is 3. The van der Waals surface area contributed by atoms with E-state index in [0.29, 0.717) is 37.4 Å². The predicted molar refractivity (Wildman–Crippen MR) is 122 cm³/mol. The number of aromatic nitrogens is 2. The van der Waals surface area contributed by atoms with Crippen LogP contribution < -0.4 is 10.1 Å². The molecule has 7 rings (SSSR count). The number of hydrogen-bond acceptors (Lipinski definition) is 5.